The fourth-order valence-electron chi connectivity index (χ4n) is 5.04. The largest absolute Gasteiger partial charge is 0.254 e. The summed E-state index contributed by atoms with van der Waals surface area (Å²) < 4.78 is 0. The van der Waals surface area contributed by atoms with Crippen LogP contribution in [0.3, 0.4) is 0 Å². The molecule has 1 aliphatic rings. The third kappa shape index (κ3) is 3.56. The summed E-state index contributed by atoms with van der Waals surface area (Å²) in [5.41, 5.74) is 8.41. The van der Waals surface area contributed by atoms with Crippen molar-refractivity contribution < 1.29 is 0 Å². The summed E-state index contributed by atoms with van der Waals surface area (Å²) in [6.07, 6.45) is 3.67. The van der Waals surface area contributed by atoms with Crippen molar-refractivity contribution in [3.63, 3.8) is 0 Å². The number of hydrogen-bond acceptors (Lipinski definition) is 6. The summed E-state index contributed by atoms with van der Waals surface area (Å²) >= 11 is 3.40. The van der Waals surface area contributed by atoms with E-state index in [-0.39, 0.29) is 0 Å². The van der Waals surface area contributed by atoms with Gasteiger partial charge < -0.3 is 0 Å². The fourth-order valence-corrected chi connectivity index (χ4v) is 7.16. The van der Waals surface area contributed by atoms with E-state index in [0.717, 1.165) is 54.0 Å². The quantitative estimate of drug-likeness (QED) is 0.212. The summed E-state index contributed by atoms with van der Waals surface area (Å²) in [7, 11) is 0. The Morgan fingerprint density at radius 1 is 0.500 bits per heavy atom. The second-order valence-corrected chi connectivity index (χ2v) is 11.2. The highest BCUT2D eigenvalue weighted by Gasteiger charge is 2.21. The van der Waals surface area contributed by atoms with E-state index in [1.54, 1.807) is 23.5 Å². The van der Waals surface area contributed by atoms with Gasteiger partial charge in [0.1, 0.15) is 10.1 Å². The molecule has 8 rings (SSSR count). The highest BCUT2D eigenvalue weighted by molar-refractivity contribution is 8.05. The van der Waals surface area contributed by atoms with Crippen molar-refractivity contribution in [3.05, 3.63) is 109 Å². The second kappa shape index (κ2) is 8.65. The smallest absolute Gasteiger partial charge is 0.134 e. The molecule has 0 aliphatic carbocycles. The highest BCUT2D eigenvalue weighted by atomic mass is 32.2. The minimum absolute atomic E-state index is 0.930. The lowest BCUT2D eigenvalue weighted by Gasteiger charge is -2.18. The molecule has 3 aromatic heterocycles. The predicted molar refractivity (Wildman–Crippen MR) is 156 cm³/mol. The zero-order valence-electron chi connectivity index (χ0n) is 20.0. The van der Waals surface area contributed by atoms with Gasteiger partial charge in [-0.15, -0.1) is 0 Å². The van der Waals surface area contributed by atoms with Crippen LogP contribution in [0.15, 0.2) is 129 Å². The zero-order chi connectivity index (χ0) is 25.1. The maximum Gasteiger partial charge on any atom is 0.134 e. The van der Waals surface area contributed by atoms with Gasteiger partial charge in [-0.25, -0.2) is 9.97 Å². The first-order chi connectivity index (χ1) is 18.8. The summed E-state index contributed by atoms with van der Waals surface area (Å²) in [6.45, 7) is 0. The normalized spacial score (nSPS) is 12.5. The average molecular weight is 523 g/mol. The van der Waals surface area contributed by atoms with Crippen molar-refractivity contribution in [2.45, 2.75) is 19.8 Å². The first-order valence-electron chi connectivity index (χ1n) is 12.3. The van der Waals surface area contributed by atoms with E-state index in [0.29, 0.717) is 0 Å². The molecule has 0 atom stereocenters. The van der Waals surface area contributed by atoms with E-state index in [1.807, 2.05) is 48.8 Å². The van der Waals surface area contributed by atoms with Crippen molar-refractivity contribution in [2.75, 3.05) is 0 Å². The molecule has 0 N–H and O–H groups in total. The van der Waals surface area contributed by atoms with Gasteiger partial charge in [0, 0.05) is 33.0 Å². The van der Waals surface area contributed by atoms with E-state index in [9.17, 15) is 0 Å². The predicted octanol–water partition coefficient (Wildman–Crippen LogP) is 8.68. The number of pyridine rings is 2. The van der Waals surface area contributed by atoms with Crippen molar-refractivity contribution in [3.8, 4) is 22.3 Å². The van der Waals surface area contributed by atoms with Crippen LogP contribution in [0.4, 0.5) is 0 Å². The van der Waals surface area contributed by atoms with Crippen molar-refractivity contribution in [1.82, 2.24) is 19.9 Å². The Morgan fingerprint density at radius 3 is 2.05 bits per heavy atom. The molecule has 0 spiro atoms. The van der Waals surface area contributed by atoms with Gasteiger partial charge >= 0.3 is 0 Å². The zero-order valence-corrected chi connectivity index (χ0v) is 21.6. The Morgan fingerprint density at radius 2 is 1.21 bits per heavy atom. The van der Waals surface area contributed by atoms with Gasteiger partial charge in [0.25, 0.3) is 0 Å². The summed E-state index contributed by atoms with van der Waals surface area (Å²) in [5, 5.41) is 4.14. The molecule has 0 saturated carbocycles. The Kier molecular flexibility index (Phi) is 4.96. The van der Waals surface area contributed by atoms with Crippen LogP contribution in [0, 0.1) is 0 Å². The lowest BCUT2D eigenvalue weighted by atomic mass is 9.95. The number of para-hydroxylation sites is 2. The number of rotatable bonds is 2. The van der Waals surface area contributed by atoms with Crippen LogP contribution in [0.2, 0.25) is 0 Å². The van der Waals surface area contributed by atoms with E-state index in [4.69, 9.17) is 9.97 Å². The number of nitrogens with zero attached hydrogens (tertiary/aromatic N) is 4. The van der Waals surface area contributed by atoms with Crippen LogP contribution in [0.1, 0.15) is 0 Å². The summed E-state index contributed by atoms with van der Waals surface area (Å²) in [5.74, 6) is 0. The molecule has 4 nitrogen and oxygen atoms in total. The lowest BCUT2D eigenvalue weighted by Crippen LogP contribution is -1.97. The SMILES string of the molecule is c1cc(-c2ccc3c(c2)Sc2nc4ccccc4nc2S3)cc(-c2cc3cccnc3c3ncccc23)c1. The number of benzene rings is 4. The molecule has 1 aliphatic heterocycles. The average Bonchev–Trinajstić information content (AvgIpc) is 2.98. The van der Waals surface area contributed by atoms with E-state index < -0.39 is 0 Å². The van der Waals surface area contributed by atoms with Crippen LogP contribution in [-0.4, -0.2) is 19.9 Å². The molecule has 4 aromatic carbocycles. The van der Waals surface area contributed by atoms with Crippen LogP contribution >= 0.6 is 23.5 Å². The topological polar surface area (TPSA) is 51.6 Å². The third-order valence-electron chi connectivity index (χ3n) is 6.83. The van der Waals surface area contributed by atoms with Gasteiger partial charge in [0.2, 0.25) is 0 Å². The molecule has 7 aromatic rings. The maximum atomic E-state index is 4.89. The van der Waals surface area contributed by atoms with Crippen LogP contribution in [0.5, 0.6) is 0 Å². The molecular weight excluding hydrogens is 505 g/mol. The van der Waals surface area contributed by atoms with E-state index >= 15 is 0 Å². The Labute approximate surface area is 227 Å². The molecule has 0 saturated heterocycles. The van der Waals surface area contributed by atoms with Crippen LogP contribution in [-0.2, 0) is 0 Å². The first kappa shape index (κ1) is 21.8. The highest BCUT2D eigenvalue weighted by Crippen LogP contribution is 2.48. The molecule has 178 valence electrons. The second-order valence-electron chi connectivity index (χ2n) is 9.17. The minimum atomic E-state index is 0.930. The molecule has 4 heterocycles. The summed E-state index contributed by atoms with van der Waals surface area (Å²) in [6, 6.07) is 33.9. The first-order valence-corrected chi connectivity index (χ1v) is 13.9. The van der Waals surface area contributed by atoms with Gasteiger partial charge in [-0.3, -0.25) is 9.97 Å². The Bertz CT molecular complexity index is 2050. The van der Waals surface area contributed by atoms with Gasteiger partial charge in [-0.1, -0.05) is 72.1 Å². The summed E-state index contributed by atoms with van der Waals surface area (Å²) in [4.78, 5) is 21.5. The number of hydrogen-bond donors (Lipinski definition) is 0. The Hall–Kier alpha value is -4.26. The van der Waals surface area contributed by atoms with Crippen molar-refractivity contribution in [2.24, 2.45) is 0 Å². The van der Waals surface area contributed by atoms with Gasteiger partial charge in [0.05, 0.1) is 22.1 Å². The van der Waals surface area contributed by atoms with Crippen LogP contribution in [0.25, 0.3) is 55.1 Å². The molecule has 38 heavy (non-hydrogen) atoms. The molecule has 0 radical (unpaired) electrons. The monoisotopic (exact) mass is 522 g/mol. The van der Waals surface area contributed by atoms with E-state index in [1.165, 1.54) is 20.9 Å². The number of fused-ring (bicyclic) bond motifs is 6. The standard InChI is InChI=1S/C32H18N4S2/c1-2-11-26-25(10-1)35-31-32(36-26)38-28-18-20(12-13-27(28)37-31)19-6-3-7-21(16-19)24-17-22-8-4-14-33-29(22)30-23(24)9-5-15-34-30/h1-18H. The van der Waals surface area contributed by atoms with Crippen molar-refractivity contribution in [1.29, 1.82) is 0 Å². The van der Waals surface area contributed by atoms with Gasteiger partial charge in [-0.2, -0.15) is 0 Å². The van der Waals surface area contributed by atoms with Crippen molar-refractivity contribution >= 4 is 56.4 Å². The molecule has 0 fully saturated rings. The van der Waals surface area contributed by atoms with Crippen LogP contribution < -0.4 is 0 Å². The number of aromatic nitrogens is 4. The Balaban J connectivity index is 1.21. The molecule has 0 bridgehead atoms. The molecule has 6 heteroatoms. The third-order valence-corrected chi connectivity index (χ3v) is 9.18. The lowest BCUT2D eigenvalue weighted by molar-refractivity contribution is 0.953. The minimum Gasteiger partial charge on any atom is -0.254 e. The fraction of sp³-hybridized carbons (Fsp3) is 0. The van der Waals surface area contributed by atoms with E-state index in [2.05, 4.69) is 70.6 Å². The maximum absolute atomic E-state index is 4.89. The van der Waals surface area contributed by atoms with Gasteiger partial charge in [-0.05, 0) is 70.8 Å². The molecule has 0 amide bonds. The van der Waals surface area contributed by atoms with Gasteiger partial charge in [0.15, 0.2) is 0 Å². The molecular formula is C32H18N4S2. The molecule has 0 unspecified atom stereocenters.